The Bertz CT molecular complexity index is 506. The van der Waals surface area contributed by atoms with Crippen molar-refractivity contribution < 1.29 is 4.79 Å². The van der Waals surface area contributed by atoms with Crippen LogP contribution in [0.15, 0.2) is 29.3 Å². The number of aliphatic imine (C=N–C) groups is 1. The van der Waals surface area contributed by atoms with Crippen molar-refractivity contribution in [3.63, 3.8) is 0 Å². The van der Waals surface area contributed by atoms with Crippen LogP contribution in [0.1, 0.15) is 26.3 Å². The lowest BCUT2D eigenvalue weighted by Gasteiger charge is -2.21. The lowest BCUT2D eigenvalue weighted by Crippen LogP contribution is -2.48. The number of amides is 1. The topological polar surface area (TPSA) is 65.5 Å². The van der Waals surface area contributed by atoms with Crippen molar-refractivity contribution in [2.24, 2.45) is 4.99 Å². The van der Waals surface area contributed by atoms with Gasteiger partial charge in [-0.2, -0.15) is 0 Å². The number of carbonyl (C=O) groups is 1. The molecule has 1 rings (SSSR count). The fraction of sp³-hybridized carbons (Fsp3) is 0.500. The summed E-state index contributed by atoms with van der Waals surface area (Å²) in [5.41, 5.74) is 0.961. The van der Waals surface area contributed by atoms with Gasteiger partial charge in [0, 0.05) is 24.2 Å². The maximum absolute atomic E-state index is 11.7. The van der Waals surface area contributed by atoms with Crippen molar-refractivity contribution in [3.8, 4) is 0 Å². The minimum Gasteiger partial charge on any atom is -0.356 e. The average molecular weight is 325 g/mol. The Morgan fingerprint density at radius 1 is 1.18 bits per heavy atom. The number of carbonyl (C=O) groups excluding carboxylic acids is 1. The molecular formula is C16H25ClN4O. The number of hydrogen-bond acceptors (Lipinski definition) is 2. The molecule has 0 aromatic heterocycles. The van der Waals surface area contributed by atoms with Gasteiger partial charge in [-0.3, -0.25) is 9.79 Å². The molecule has 3 N–H and O–H groups in total. The molecule has 0 aliphatic carbocycles. The van der Waals surface area contributed by atoms with E-state index in [1.165, 1.54) is 5.56 Å². The normalized spacial score (nSPS) is 12.0. The Balaban J connectivity index is 2.31. The molecule has 0 heterocycles. The summed E-state index contributed by atoms with van der Waals surface area (Å²) in [6.45, 7) is 6.76. The number of benzene rings is 1. The zero-order valence-electron chi connectivity index (χ0n) is 13.7. The molecule has 122 valence electrons. The number of rotatable bonds is 5. The first-order valence-electron chi connectivity index (χ1n) is 7.30. The van der Waals surface area contributed by atoms with Crippen molar-refractivity contribution >= 4 is 23.5 Å². The third-order valence-electron chi connectivity index (χ3n) is 2.77. The van der Waals surface area contributed by atoms with Crippen molar-refractivity contribution in [1.82, 2.24) is 16.0 Å². The summed E-state index contributed by atoms with van der Waals surface area (Å²) in [7, 11) is 1.68. The van der Waals surface area contributed by atoms with Gasteiger partial charge in [0.2, 0.25) is 5.91 Å². The summed E-state index contributed by atoms with van der Waals surface area (Å²) in [6.07, 6.45) is 0.853. The van der Waals surface area contributed by atoms with Crippen LogP contribution in [-0.4, -0.2) is 37.5 Å². The summed E-state index contributed by atoms with van der Waals surface area (Å²) in [6, 6.07) is 7.75. The predicted molar refractivity (Wildman–Crippen MR) is 92.4 cm³/mol. The Morgan fingerprint density at radius 2 is 1.82 bits per heavy atom. The first kappa shape index (κ1) is 18.3. The summed E-state index contributed by atoms with van der Waals surface area (Å²) >= 11 is 5.85. The Morgan fingerprint density at radius 3 is 2.36 bits per heavy atom. The Labute approximate surface area is 137 Å². The van der Waals surface area contributed by atoms with Crippen molar-refractivity contribution in [1.29, 1.82) is 0 Å². The minimum atomic E-state index is -0.232. The smallest absolute Gasteiger partial charge is 0.239 e. The van der Waals surface area contributed by atoms with Gasteiger partial charge in [-0.25, -0.2) is 0 Å². The standard InChI is InChI=1S/C16H25ClN4O/c1-16(2,3)21-14(22)11-20-15(18-4)19-10-9-12-5-7-13(17)8-6-12/h5-8H,9-11H2,1-4H3,(H,21,22)(H2,18,19,20). The molecule has 0 unspecified atom stereocenters. The quantitative estimate of drug-likeness (QED) is 0.573. The molecule has 0 radical (unpaired) electrons. The van der Waals surface area contributed by atoms with Crippen molar-refractivity contribution in [3.05, 3.63) is 34.9 Å². The molecule has 0 bridgehead atoms. The molecule has 0 saturated carbocycles. The van der Waals surface area contributed by atoms with Crippen LogP contribution in [0.25, 0.3) is 0 Å². The molecule has 5 nitrogen and oxygen atoms in total. The average Bonchev–Trinajstić information content (AvgIpc) is 2.42. The number of nitrogens with zero attached hydrogens (tertiary/aromatic N) is 1. The van der Waals surface area contributed by atoms with Gasteiger partial charge >= 0.3 is 0 Å². The molecule has 0 saturated heterocycles. The van der Waals surface area contributed by atoms with E-state index in [4.69, 9.17) is 11.6 Å². The monoisotopic (exact) mass is 324 g/mol. The van der Waals surface area contributed by atoms with E-state index in [0.717, 1.165) is 18.0 Å². The second kappa shape index (κ2) is 8.63. The lowest BCUT2D eigenvalue weighted by atomic mass is 10.1. The second-order valence-corrected chi connectivity index (χ2v) is 6.46. The van der Waals surface area contributed by atoms with Crippen molar-refractivity contribution in [2.75, 3.05) is 20.1 Å². The zero-order valence-corrected chi connectivity index (χ0v) is 14.4. The van der Waals surface area contributed by atoms with E-state index in [-0.39, 0.29) is 18.0 Å². The van der Waals surface area contributed by atoms with Gasteiger partial charge in [0.1, 0.15) is 0 Å². The molecule has 0 aliphatic rings. The van der Waals surface area contributed by atoms with Crippen LogP contribution in [0.2, 0.25) is 5.02 Å². The molecule has 0 fully saturated rings. The molecule has 1 amide bonds. The summed E-state index contributed by atoms with van der Waals surface area (Å²) in [5.74, 6) is 0.547. The third-order valence-corrected chi connectivity index (χ3v) is 3.03. The van der Waals surface area contributed by atoms with Crippen LogP contribution in [0, 0.1) is 0 Å². The summed E-state index contributed by atoms with van der Waals surface area (Å²) in [4.78, 5) is 15.8. The summed E-state index contributed by atoms with van der Waals surface area (Å²) in [5, 5.41) is 9.79. The second-order valence-electron chi connectivity index (χ2n) is 6.03. The minimum absolute atomic E-state index is 0.0619. The Hall–Kier alpha value is -1.75. The fourth-order valence-corrected chi connectivity index (χ4v) is 1.95. The van der Waals surface area contributed by atoms with Crippen LogP contribution in [-0.2, 0) is 11.2 Å². The van der Waals surface area contributed by atoms with E-state index < -0.39 is 0 Å². The van der Waals surface area contributed by atoms with E-state index in [1.807, 2.05) is 45.0 Å². The van der Waals surface area contributed by atoms with Crippen molar-refractivity contribution in [2.45, 2.75) is 32.7 Å². The highest BCUT2D eigenvalue weighted by molar-refractivity contribution is 6.30. The molecule has 6 heteroatoms. The predicted octanol–water partition coefficient (Wildman–Crippen LogP) is 1.96. The Kier molecular flexibility index (Phi) is 7.18. The highest BCUT2D eigenvalue weighted by Gasteiger charge is 2.13. The number of guanidine groups is 1. The number of halogens is 1. The highest BCUT2D eigenvalue weighted by atomic mass is 35.5. The number of nitrogens with one attached hydrogen (secondary N) is 3. The largest absolute Gasteiger partial charge is 0.356 e. The van der Waals surface area contributed by atoms with Crippen LogP contribution in [0.5, 0.6) is 0 Å². The van der Waals surface area contributed by atoms with Crippen LogP contribution < -0.4 is 16.0 Å². The SMILES string of the molecule is CN=C(NCCc1ccc(Cl)cc1)NCC(=O)NC(C)(C)C. The van der Waals surface area contributed by atoms with E-state index >= 15 is 0 Å². The van der Waals surface area contributed by atoms with Gasteiger partial charge in [-0.15, -0.1) is 0 Å². The molecule has 0 atom stereocenters. The molecule has 1 aromatic rings. The molecular weight excluding hydrogens is 300 g/mol. The van der Waals surface area contributed by atoms with Gasteiger partial charge in [-0.05, 0) is 44.9 Å². The van der Waals surface area contributed by atoms with Gasteiger partial charge in [0.05, 0.1) is 6.54 Å². The van der Waals surface area contributed by atoms with Gasteiger partial charge in [-0.1, -0.05) is 23.7 Å². The van der Waals surface area contributed by atoms with Gasteiger partial charge in [0.25, 0.3) is 0 Å². The molecule has 22 heavy (non-hydrogen) atoms. The fourth-order valence-electron chi connectivity index (χ4n) is 1.82. The van der Waals surface area contributed by atoms with Crippen LogP contribution >= 0.6 is 11.6 Å². The van der Waals surface area contributed by atoms with E-state index in [1.54, 1.807) is 7.05 Å². The van der Waals surface area contributed by atoms with Crippen LogP contribution in [0.3, 0.4) is 0 Å². The van der Waals surface area contributed by atoms with Gasteiger partial charge < -0.3 is 16.0 Å². The first-order valence-corrected chi connectivity index (χ1v) is 7.68. The maximum atomic E-state index is 11.7. The first-order chi connectivity index (χ1) is 10.3. The van der Waals surface area contributed by atoms with E-state index in [2.05, 4.69) is 20.9 Å². The summed E-state index contributed by atoms with van der Waals surface area (Å²) < 4.78 is 0. The maximum Gasteiger partial charge on any atom is 0.239 e. The van der Waals surface area contributed by atoms with Crippen LogP contribution in [0.4, 0.5) is 0 Å². The lowest BCUT2D eigenvalue weighted by molar-refractivity contribution is -0.121. The van der Waals surface area contributed by atoms with E-state index in [9.17, 15) is 4.79 Å². The molecule has 0 spiro atoms. The molecule has 1 aromatic carbocycles. The van der Waals surface area contributed by atoms with Gasteiger partial charge in [0.15, 0.2) is 5.96 Å². The number of hydrogen-bond donors (Lipinski definition) is 3. The highest BCUT2D eigenvalue weighted by Crippen LogP contribution is 2.09. The third kappa shape index (κ3) is 7.88. The van der Waals surface area contributed by atoms with E-state index in [0.29, 0.717) is 5.96 Å². The molecule has 0 aliphatic heterocycles. The zero-order chi connectivity index (χ0) is 16.6.